The van der Waals surface area contributed by atoms with Crippen LogP contribution in [-0.4, -0.2) is 34.2 Å². The summed E-state index contributed by atoms with van der Waals surface area (Å²) in [6.07, 6.45) is 4.87. The minimum absolute atomic E-state index is 0.0662. The van der Waals surface area contributed by atoms with Gasteiger partial charge < -0.3 is 4.74 Å². The lowest BCUT2D eigenvalue weighted by Crippen LogP contribution is -2.43. The molecule has 0 aliphatic carbocycles. The zero-order chi connectivity index (χ0) is 26.2. The van der Waals surface area contributed by atoms with Crippen molar-refractivity contribution in [2.75, 3.05) is 6.61 Å². The monoisotopic (exact) mass is 504 g/mol. The smallest absolute Gasteiger partial charge is 0.275 e. The summed E-state index contributed by atoms with van der Waals surface area (Å²) in [7, 11) is -0.199. The van der Waals surface area contributed by atoms with E-state index in [4.69, 9.17) is 9.84 Å². The number of aryl methyl sites for hydroxylation is 1. The maximum atomic E-state index is 13.3. The summed E-state index contributed by atoms with van der Waals surface area (Å²) in [6.45, 7) is 18.5. The van der Waals surface area contributed by atoms with Gasteiger partial charge in [-0.25, -0.2) is 4.68 Å². The predicted molar refractivity (Wildman–Crippen MR) is 152 cm³/mol. The molecule has 1 aliphatic rings. The van der Waals surface area contributed by atoms with Crippen molar-refractivity contribution in [2.45, 2.75) is 83.7 Å². The van der Waals surface area contributed by atoms with Crippen molar-refractivity contribution in [3.05, 3.63) is 46.5 Å². The minimum Gasteiger partial charge on any atom is -0.356 e. The largest absolute Gasteiger partial charge is 0.356 e. The van der Waals surface area contributed by atoms with E-state index in [9.17, 15) is 4.79 Å². The molecule has 2 aromatic heterocycles. The number of benzene rings is 1. The quantitative estimate of drug-likeness (QED) is 0.302. The molecule has 0 spiro atoms. The Hall–Kier alpha value is -2.82. The van der Waals surface area contributed by atoms with Crippen LogP contribution >= 0.6 is 0 Å². The molecule has 0 amide bonds. The van der Waals surface area contributed by atoms with Crippen molar-refractivity contribution < 1.29 is 4.74 Å². The average Bonchev–Trinajstić information content (AvgIpc) is 3.35. The second-order valence-corrected chi connectivity index (χ2v) is 16.5. The summed E-state index contributed by atoms with van der Waals surface area (Å²) in [4.78, 5) is 13.3. The van der Waals surface area contributed by atoms with Crippen molar-refractivity contribution in [1.82, 2.24) is 19.6 Å². The highest BCUT2D eigenvalue weighted by atomic mass is 28.3. The van der Waals surface area contributed by atoms with Crippen LogP contribution in [0.3, 0.4) is 0 Å². The van der Waals surface area contributed by atoms with E-state index in [2.05, 4.69) is 64.7 Å². The van der Waals surface area contributed by atoms with E-state index in [0.717, 1.165) is 48.0 Å². The first-order valence-electron chi connectivity index (χ1n) is 13.2. The number of nitrogens with one attached hydrogen (secondary N) is 1. The van der Waals surface area contributed by atoms with Gasteiger partial charge in [0.25, 0.3) is 5.56 Å². The van der Waals surface area contributed by atoms with Gasteiger partial charge in [-0.05, 0) is 59.7 Å². The van der Waals surface area contributed by atoms with E-state index in [1.54, 1.807) is 13.1 Å². The Morgan fingerprint density at radius 1 is 1.17 bits per heavy atom. The number of aromatic amines is 1. The lowest BCUT2D eigenvalue weighted by atomic mass is 10.0. The normalized spacial score (nSPS) is 16.7. The third-order valence-corrected chi connectivity index (χ3v) is 14.3. The molecule has 0 radical (unpaired) electrons. The van der Waals surface area contributed by atoms with E-state index in [1.165, 1.54) is 4.68 Å². The van der Waals surface area contributed by atoms with Gasteiger partial charge in [0.05, 0.1) is 16.8 Å². The Bertz CT molecular complexity index is 1350. The Labute approximate surface area is 215 Å². The van der Waals surface area contributed by atoms with Crippen LogP contribution in [0.2, 0.25) is 16.6 Å². The number of ether oxygens (including phenoxy) is 1. The highest BCUT2D eigenvalue weighted by Gasteiger charge is 2.41. The van der Waals surface area contributed by atoms with Crippen LogP contribution in [0.5, 0.6) is 0 Å². The van der Waals surface area contributed by atoms with Crippen LogP contribution in [0, 0.1) is 11.5 Å². The second kappa shape index (κ2) is 10.3. The molecular formula is C29H40N4O2Si. The second-order valence-electron chi connectivity index (χ2n) is 11.0. The molecule has 3 aromatic rings. The number of aromatic nitrogens is 4. The van der Waals surface area contributed by atoms with Crippen LogP contribution in [0.15, 0.2) is 29.6 Å². The van der Waals surface area contributed by atoms with Gasteiger partial charge in [0.1, 0.15) is 13.8 Å². The maximum absolute atomic E-state index is 13.3. The first-order valence-corrected chi connectivity index (χ1v) is 15.4. The van der Waals surface area contributed by atoms with Gasteiger partial charge in [-0.2, -0.15) is 5.10 Å². The fourth-order valence-electron chi connectivity index (χ4n) is 6.12. The maximum Gasteiger partial charge on any atom is 0.275 e. The van der Waals surface area contributed by atoms with E-state index in [-0.39, 0.29) is 11.8 Å². The molecule has 3 heterocycles. The van der Waals surface area contributed by atoms with Crippen LogP contribution < -0.4 is 5.56 Å². The number of hydrogen-bond acceptors (Lipinski definition) is 3. The SMILES string of the molecule is C=Cc1nn(C2CCCCO2)c2ccc(-c3c(C#C[Si](C(C)C)(C(C)C)C(C)C)[nH]n(C)c3=O)cc12. The molecule has 6 nitrogen and oxygen atoms in total. The van der Waals surface area contributed by atoms with Crippen LogP contribution in [0.25, 0.3) is 28.1 Å². The standard InChI is InChI=1S/C29H40N4O2Si/c1-9-24-23-18-22(13-14-26(23)33(31-24)27-12-10-11-16-35-27)28-25(30-32(8)29(28)34)15-17-36(19(2)3,20(4)5)21(6)7/h9,13-14,18-21,27,30H,1,10-12,16H2,2-8H3. The molecule has 4 rings (SSSR count). The Morgan fingerprint density at radius 2 is 1.86 bits per heavy atom. The summed E-state index contributed by atoms with van der Waals surface area (Å²) in [5.74, 6) is 3.47. The molecule has 0 bridgehead atoms. The zero-order valence-electron chi connectivity index (χ0n) is 22.8. The third kappa shape index (κ3) is 4.42. The fraction of sp³-hybridized carbons (Fsp3) is 0.517. The summed E-state index contributed by atoms with van der Waals surface area (Å²) >= 11 is 0. The average molecular weight is 505 g/mol. The number of nitrogens with zero attached hydrogens (tertiary/aromatic N) is 3. The summed E-state index contributed by atoms with van der Waals surface area (Å²) in [5, 5.41) is 9.00. The summed E-state index contributed by atoms with van der Waals surface area (Å²) in [5.41, 5.74) is 9.16. The van der Waals surface area contributed by atoms with Crippen LogP contribution in [0.1, 0.15) is 78.4 Å². The van der Waals surface area contributed by atoms with Gasteiger partial charge in [0.15, 0.2) is 6.23 Å². The molecule has 1 N–H and O–H groups in total. The number of rotatable bonds is 6. The molecule has 0 saturated carbocycles. The third-order valence-electron chi connectivity index (χ3n) is 7.96. The minimum atomic E-state index is -1.95. The molecule has 7 heteroatoms. The van der Waals surface area contributed by atoms with Gasteiger partial charge in [-0.1, -0.05) is 60.1 Å². The van der Waals surface area contributed by atoms with Crippen molar-refractivity contribution >= 4 is 25.1 Å². The molecular weight excluding hydrogens is 464 g/mol. The highest BCUT2D eigenvalue weighted by molar-refractivity contribution is 6.90. The zero-order valence-corrected chi connectivity index (χ0v) is 23.8. The van der Waals surface area contributed by atoms with Gasteiger partial charge in [0, 0.05) is 19.0 Å². The summed E-state index contributed by atoms with van der Waals surface area (Å²) < 4.78 is 9.50. The molecule has 1 aliphatic heterocycles. The van der Waals surface area contributed by atoms with Crippen LogP contribution in [0.4, 0.5) is 0 Å². The van der Waals surface area contributed by atoms with E-state index < -0.39 is 8.07 Å². The van der Waals surface area contributed by atoms with E-state index in [1.807, 2.05) is 22.9 Å². The number of fused-ring (bicyclic) bond motifs is 1. The van der Waals surface area contributed by atoms with E-state index in [0.29, 0.717) is 27.9 Å². The summed E-state index contributed by atoms with van der Waals surface area (Å²) in [6, 6.07) is 6.10. The molecule has 36 heavy (non-hydrogen) atoms. The Balaban J connectivity index is 1.86. The number of hydrogen-bond donors (Lipinski definition) is 1. The Morgan fingerprint density at radius 3 is 2.44 bits per heavy atom. The molecule has 1 atom stereocenters. The van der Waals surface area contributed by atoms with Crippen molar-refractivity contribution in [3.63, 3.8) is 0 Å². The topological polar surface area (TPSA) is 64.8 Å². The molecule has 1 unspecified atom stereocenters. The van der Waals surface area contributed by atoms with Crippen molar-refractivity contribution in [3.8, 4) is 22.6 Å². The molecule has 1 fully saturated rings. The van der Waals surface area contributed by atoms with Gasteiger partial charge >= 0.3 is 0 Å². The van der Waals surface area contributed by atoms with Crippen molar-refractivity contribution in [2.24, 2.45) is 7.05 Å². The lowest BCUT2D eigenvalue weighted by Gasteiger charge is -2.38. The predicted octanol–water partition coefficient (Wildman–Crippen LogP) is 6.64. The molecule has 1 aromatic carbocycles. The van der Waals surface area contributed by atoms with Crippen molar-refractivity contribution in [1.29, 1.82) is 0 Å². The van der Waals surface area contributed by atoms with Gasteiger partial charge in [0.2, 0.25) is 0 Å². The Kier molecular flexibility index (Phi) is 7.49. The molecule has 192 valence electrons. The van der Waals surface area contributed by atoms with Gasteiger partial charge in [-0.15, -0.1) is 5.54 Å². The lowest BCUT2D eigenvalue weighted by molar-refractivity contribution is -0.0367. The van der Waals surface area contributed by atoms with E-state index >= 15 is 0 Å². The molecule has 1 saturated heterocycles. The highest BCUT2D eigenvalue weighted by Crippen LogP contribution is 2.41. The first-order chi connectivity index (χ1) is 17.1. The number of H-pyrrole nitrogens is 1. The van der Waals surface area contributed by atoms with Crippen LogP contribution in [-0.2, 0) is 11.8 Å². The fourth-order valence-corrected chi connectivity index (χ4v) is 11.3. The first kappa shape index (κ1) is 26.2. The van der Waals surface area contributed by atoms with Gasteiger partial charge in [-0.3, -0.25) is 14.6 Å².